The highest BCUT2D eigenvalue weighted by atomic mass is 32.1. The largest absolute Gasteiger partial charge is 0.480 e. The van der Waals surface area contributed by atoms with Crippen molar-refractivity contribution in [2.24, 2.45) is 0 Å². The number of nitrogens with one attached hydrogen (secondary N) is 1. The first-order chi connectivity index (χ1) is 11.1. The van der Waals surface area contributed by atoms with Gasteiger partial charge in [-0.25, -0.2) is 4.98 Å². The predicted octanol–water partition coefficient (Wildman–Crippen LogP) is 2.35. The number of pyridine rings is 1. The normalized spacial score (nSPS) is 14.8. The number of amides is 1. The molecule has 7 heteroatoms. The van der Waals surface area contributed by atoms with Crippen LogP contribution >= 0.6 is 11.3 Å². The molecule has 0 fully saturated rings. The Kier molecular flexibility index (Phi) is 4.47. The third kappa shape index (κ3) is 3.29. The third-order valence-corrected chi connectivity index (χ3v) is 5.22. The first-order valence-corrected chi connectivity index (χ1v) is 8.58. The molecule has 0 saturated heterocycles. The number of nitrogens with zero attached hydrogens (tertiary/aromatic N) is 1. The van der Waals surface area contributed by atoms with E-state index in [1.807, 2.05) is 0 Å². The summed E-state index contributed by atoms with van der Waals surface area (Å²) < 4.78 is 0. The predicted molar refractivity (Wildman–Crippen MR) is 89.9 cm³/mol. The number of anilines is 1. The van der Waals surface area contributed by atoms with E-state index in [1.54, 1.807) is 0 Å². The molecule has 0 unspecified atom stereocenters. The summed E-state index contributed by atoms with van der Waals surface area (Å²) in [6, 6.07) is 2.06. The van der Waals surface area contributed by atoms with Gasteiger partial charge in [0, 0.05) is 11.1 Å². The summed E-state index contributed by atoms with van der Waals surface area (Å²) >= 11 is 1.23. The molecule has 122 valence electrons. The van der Waals surface area contributed by atoms with Crippen LogP contribution in [0.4, 0.5) is 5.69 Å². The number of aliphatic carboxylic acids is 1. The zero-order valence-electron chi connectivity index (χ0n) is 12.7. The Morgan fingerprint density at radius 2 is 2.00 bits per heavy atom. The van der Waals surface area contributed by atoms with Crippen LogP contribution in [0.2, 0.25) is 0 Å². The quantitative estimate of drug-likeness (QED) is 0.799. The number of nitrogens with two attached hydrogens (primary N) is 1. The van der Waals surface area contributed by atoms with Crippen molar-refractivity contribution in [2.45, 2.75) is 38.5 Å². The number of carboxylic acid groups (broad SMARTS) is 1. The number of carbonyl (C=O) groups is 2. The van der Waals surface area contributed by atoms with Gasteiger partial charge in [-0.1, -0.05) is 12.8 Å². The van der Waals surface area contributed by atoms with Crippen LogP contribution in [0.25, 0.3) is 10.2 Å². The van der Waals surface area contributed by atoms with Gasteiger partial charge in [0.1, 0.15) is 16.3 Å². The molecule has 23 heavy (non-hydrogen) atoms. The molecule has 2 aromatic rings. The summed E-state index contributed by atoms with van der Waals surface area (Å²) in [7, 11) is 0. The number of fused-ring (bicyclic) bond motifs is 2. The van der Waals surface area contributed by atoms with Gasteiger partial charge in [-0.3, -0.25) is 9.59 Å². The van der Waals surface area contributed by atoms with Crippen molar-refractivity contribution in [3.05, 3.63) is 22.2 Å². The second-order valence-electron chi connectivity index (χ2n) is 5.78. The Morgan fingerprint density at radius 1 is 1.26 bits per heavy atom. The highest BCUT2D eigenvalue weighted by Crippen LogP contribution is 2.34. The number of aromatic nitrogens is 1. The standard InChI is InChI=1S/C16H19N3O3S/c17-13-10-7-9-5-3-1-2-4-6-11(9)19-16(10)23-14(13)15(22)18-8-12(20)21/h7H,1-6,8,17H2,(H,18,22)(H,20,21). The number of hydrogen-bond acceptors (Lipinski definition) is 5. The van der Waals surface area contributed by atoms with Crippen molar-refractivity contribution >= 4 is 39.1 Å². The van der Waals surface area contributed by atoms with Gasteiger partial charge in [0.2, 0.25) is 0 Å². The molecule has 0 atom stereocenters. The van der Waals surface area contributed by atoms with E-state index in [1.165, 1.54) is 29.7 Å². The van der Waals surface area contributed by atoms with Crippen molar-refractivity contribution in [3.8, 4) is 0 Å². The molecule has 0 radical (unpaired) electrons. The second-order valence-corrected chi connectivity index (χ2v) is 6.78. The van der Waals surface area contributed by atoms with Crippen LogP contribution < -0.4 is 11.1 Å². The molecule has 3 rings (SSSR count). The first-order valence-electron chi connectivity index (χ1n) is 7.77. The Hall–Kier alpha value is -2.15. The fourth-order valence-corrected chi connectivity index (χ4v) is 3.93. The monoisotopic (exact) mass is 333 g/mol. The third-order valence-electron chi connectivity index (χ3n) is 4.11. The number of carbonyl (C=O) groups excluding carboxylic acids is 1. The molecular weight excluding hydrogens is 314 g/mol. The smallest absolute Gasteiger partial charge is 0.322 e. The average Bonchev–Trinajstić information content (AvgIpc) is 2.81. The number of thiophene rings is 1. The lowest BCUT2D eigenvalue weighted by molar-refractivity contribution is -0.135. The van der Waals surface area contributed by atoms with Crippen molar-refractivity contribution < 1.29 is 14.7 Å². The van der Waals surface area contributed by atoms with Crippen molar-refractivity contribution in [1.29, 1.82) is 0 Å². The molecule has 0 bridgehead atoms. The molecule has 1 amide bonds. The molecule has 2 heterocycles. The highest BCUT2D eigenvalue weighted by molar-refractivity contribution is 7.21. The lowest BCUT2D eigenvalue weighted by Gasteiger charge is -2.12. The van der Waals surface area contributed by atoms with E-state index in [0.29, 0.717) is 10.6 Å². The molecule has 0 spiro atoms. The molecule has 0 aromatic carbocycles. The molecular formula is C16H19N3O3S. The van der Waals surface area contributed by atoms with Gasteiger partial charge < -0.3 is 16.2 Å². The van der Waals surface area contributed by atoms with Crippen LogP contribution in [0.5, 0.6) is 0 Å². The van der Waals surface area contributed by atoms with Crippen LogP contribution in [0.1, 0.15) is 46.6 Å². The summed E-state index contributed by atoms with van der Waals surface area (Å²) in [4.78, 5) is 28.5. The number of carboxylic acids is 1. The van der Waals surface area contributed by atoms with E-state index in [0.717, 1.165) is 41.6 Å². The maximum absolute atomic E-state index is 12.1. The van der Waals surface area contributed by atoms with Gasteiger partial charge in [0.15, 0.2) is 0 Å². The zero-order chi connectivity index (χ0) is 16.4. The molecule has 0 aliphatic heterocycles. The zero-order valence-corrected chi connectivity index (χ0v) is 13.5. The van der Waals surface area contributed by atoms with E-state index in [9.17, 15) is 9.59 Å². The minimum atomic E-state index is -1.08. The molecule has 0 saturated carbocycles. The van der Waals surface area contributed by atoms with Gasteiger partial charge in [-0.2, -0.15) is 0 Å². The molecule has 2 aromatic heterocycles. The number of nitrogen functional groups attached to an aromatic ring is 1. The van der Waals surface area contributed by atoms with Gasteiger partial charge in [0.05, 0.1) is 5.69 Å². The Balaban J connectivity index is 1.97. The molecule has 6 nitrogen and oxygen atoms in total. The molecule has 4 N–H and O–H groups in total. The lowest BCUT2D eigenvalue weighted by Crippen LogP contribution is -2.29. The van der Waals surface area contributed by atoms with Gasteiger partial charge in [0.25, 0.3) is 5.91 Å². The maximum Gasteiger partial charge on any atom is 0.322 e. The fourth-order valence-electron chi connectivity index (χ4n) is 2.92. The lowest BCUT2D eigenvalue weighted by atomic mass is 9.96. The number of rotatable bonds is 3. The van der Waals surface area contributed by atoms with Crippen LogP contribution in [0, 0.1) is 0 Å². The Labute approximate surface area is 137 Å². The minimum Gasteiger partial charge on any atom is -0.480 e. The van der Waals surface area contributed by atoms with Crippen molar-refractivity contribution in [2.75, 3.05) is 12.3 Å². The van der Waals surface area contributed by atoms with E-state index in [-0.39, 0.29) is 0 Å². The first kappa shape index (κ1) is 15.7. The van der Waals surface area contributed by atoms with Crippen LogP contribution in [-0.2, 0) is 17.6 Å². The second kappa shape index (κ2) is 6.54. The summed E-state index contributed by atoms with van der Waals surface area (Å²) in [5.74, 6) is -1.54. The molecule has 1 aliphatic rings. The average molecular weight is 333 g/mol. The maximum atomic E-state index is 12.1. The summed E-state index contributed by atoms with van der Waals surface area (Å²) in [6.45, 7) is -0.420. The van der Waals surface area contributed by atoms with E-state index in [4.69, 9.17) is 15.8 Å². The highest BCUT2D eigenvalue weighted by Gasteiger charge is 2.20. The van der Waals surface area contributed by atoms with Gasteiger partial charge >= 0.3 is 5.97 Å². The van der Waals surface area contributed by atoms with Gasteiger partial charge in [-0.05, 0) is 37.3 Å². The molecule has 1 aliphatic carbocycles. The van der Waals surface area contributed by atoms with Crippen molar-refractivity contribution in [3.63, 3.8) is 0 Å². The topological polar surface area (TPSA) is 105 Å². The summed E-state index contributed by atoms with van der Waals surface area (Å²) in [5, 5.41) is 11.8. The van der Waals surface area contributed by atoms with E-state index >= 15 is 0 Å². The fraction of sp³-hybridized carbons (Fsp3) is 0.438. The van der Waals surface area contributed by atoms with E-state index < -0.39 is 18.4 Å². The SMILES string of the molecule is Nc1c(C(=O)NCC(=O)O)sc2nc3c(cc12)CCCCCC3. The van der Waals surface area contributed by atoms with Crippen molar-refractivity contribution in [1.82, 2.24) is 10.3 Å². The van der Waals surface area contributed by atoms with Crippen LogP contribution in [0.3, 0.4) is 0 Å². The van der Waals surface area contributed by atoms with Crippen LogP contribution in [0.15, 0.2) is 6.07 Å². The summed E-state index contributed by atoms with van der Waals surface area (Å²) in [5.41, 5.74) is 8.83. The number of aryl methyl sites for hydroxylation is 2. The van der Waals surface area contributed by atoms with Gasteiger partial charge in [-0.15, -0.1) is 11.3 Å². The van der Waals surface area contributed by atoms with E-state index in [2.05, 4.69) is 11.4 Å². The Bertz CT molecular complexity index is 770. The van der Waals surface area contributed by atoms with Crippen LogP contribution in [-0.4, -0.2) is 28.5 Å². The minimum absolute atomic E-state index is 0.340. The summed E-state index contributed by atoms with van der Waals surface area (Å²) in [6.07, 6.45) is 6.71. The number of hydrogen-bond donors (Lipinski definition) is 3. The Morgan fingerprint density at radius 3 is 2.74 bits per heavy atom.